The number of aromatic amines is 1. The number of amides is 1. The number of H-pyrrole nitrogens is 1. The summed E-state index contributed by atoms with van der Waals surface area (Å²) in [5.74, 6) is -0.301. The van der Waals surface area contributed by atoms with E-state index >= 15 is 0 Å². The topological polar surface area (TPSA) is 122 Å². The average Bonchev–Trinajstić information content (AvgIpc) is 2.85. The molecule has 3 rings (SSSR count). The molecule has 1 atom stereocenters. The lowest BCUT2D eigenvalue weighted by Gasteiger charge is -2.19. The van der Waals surface area contributed by atoms with Crippen LogP contribution in [0.5, 0.6) is 0 Å². The normalized spacial score (nSPS) is 17.1. The summed E-state index contributed by atoms with van der Waals surface area (Å²) in [6, 6.07) is 5.60. The summed E-state index contributed by atoms with van der Waals surface area (Å²) < 4.78 is 22.5. The zero-order valence-electron chi connectivity index (χ0n) is 12.4. The predicted molar refractivity (Wildman–Crippen MR) is 94.7 cm³/mol. The lowest BCUT2D eigenvalue weighted by atomic mass is 10.1. The van der Waals surface area contributed by atoms with E-state index in [0.717, 1.165) is 21.2 Å². The molecule has 10 heteroatoms. The summed E-state index contributed by atoms with van der Waals surface area (Å²) in [5, 5.41) is 8.41. The number of thiazole rings is 1. The summed E-state index contributed by atoms with van der Waals surface area (Å²) in [6.45, 7) is 1.87. The lowest BCUT2D eigenvalue weighted by Crippen LogP contribution is -2.22. The SMILES string of the molecule is C[C@@H]1Sc2[nH]c(=O)sc2C=C1C(=O)Nc1ccc(S(N)(=O)=O)cc1. The quantitative estimate of drug-likeness (QED) is 0.743. The van der Waals surface area contributed by atoms with Crippen molar-refractivity contribution in [3.05, 3.63) is 44.4 Å². The molecule has 0 fully saturated rings. The number of hydrogen-bond acceptors (Lipinski definition) is 6. The zero-order chi connectivity index (χ0) is 17.5. The number of nitrogens with one attached hydrogen (secondary N) is 2. The van der Waals surface area contributed by atoms with E-state index in [1.165, 1.54) is 36.0 Å². The maximum atomic E-state index is 12.5. The summed E-state index contributed by atoms with van der Waals surface area (Å²) in [5.41, 5.74) is 0.997. The van der Waals surface area contributed by atoms with Gasteiger partial charge in [0.05, 0.1) is 14.8 Å². The molecule has 1 amide bonds. The van der Waals surface area contributed by atoms with Gasteiger partial charge < -0.3 is 10.3 Å². The lowest BCUT2D eigenvalue weighted by molar-refractivity contribution is -0.112. The van der Waals surface area contributed by atoms with Gasteiger partial charge in [0, 0.05) is 16.5 Å². The van der Waals surface area contributed by atoms with Crippen molar-refractivity contribution in [2.24, 2.45) is 5.14 Å². The number of hydrogen-bond donors (Lipinski definition) is 3. The first-order valence-corrected chi connectivity index (χ1v) is 10.0. The molecule has 0 unspecified atom stereocenters. The zero-order valence-corrected chi connectivity index (χ0v) is 14.8. The highest BCUT2D eigenvalue weighted by molar-refractivity contribution is 8.00. The molecule has 0 bridgehead atoms. The molecule has 4 N–H and O–H groups in total. The van der Waals surface area contributed by atoms with Crippen molar-refractivity contribution in [1.29, 1.82) is 0 Å². The van der Waals surface area contributed by atoms with Crippen LogP contribution in [0.25, 0.3) is 6.08 Å². The number of rotatable bonds is 3. The van der Waals surface area contributed by atoms with Gasteiger partial charge in [-0.25, -0.2) is 13.6 Å². The van der Waals surface area contributed by atoms with Crippen LogP contribution in [0, 0.1) is 0 Å². The molecule has 0 aliphatic carbocycles. The molecule has 1 aromatic carbocycles. The van der Waals surface area contributed by atoms with E-state index in [4.69, 9.17) is 5.14 Å². The Balaban J connectivity index is 1.82. The minimum absolute atomic E-state index is 0.0250. The first-order valence-electron chi connectivity index (χ1n) is 6.79. The Labute approximate surface area is 146 Å². The third-order valence-electron chi connectivity index (χ3n) is 3.36. The number of nitrogens with two attached hydrogens (primary N) is 1. The van der Waals surface area contributed by atoms with Crippen LogP contribution in [-0.2, 0) is 14.8 Å². The van der Waals surface area contributed by atoms with Gasteiger partial charge in [0.25, 0.3) is 5.91 Å². The molecule has 2 aromatic rings. The van der Waals surface area contributed by atoms with Crippen LogP contribution in [-0.4, -0.2) is 24.6 Å². The van der Waals surface area contributed by atoms with Gasteiger partial charge in [-0.2, -0.15) is 0 Å². The van der Waals surface area contributed by atoms with Crippen molar-refractivity contribution in [3.8, 4) is 0 Å². The molecule has 0 saturated carbocycles. The summed E-state index contributed by atoms with van der Waals surface area (Å²) in [4.78, 5) is 27.2. The van der Waals surface area contributed by atoms with Crippen molar-refractivity contribution in [3.63, 3.8) is 0 Å². The van der Waals surface area contributed by atoms with Gasteiger partial charge in [-0.3, -0.25) is 9.59 Å². The highest BCUT2D eigenvalue weighted by Gasteiger charge is 2.25. The highest BCUT2D eigenvalue weighted by Crippen LogP contribution is 2.37. The molecule has 7 nitrogen and oxygen atoms in total. The number of fused-ring (bicyclic) bond motifs is 1. The van der Waals surface area contributed by atoms with Crippen LogP contribution in [0.3, 0.4) is 0 Å². The fraction of sp³-hybridized carbons (Fsp3) is 0.143. The third-order valence-corrected chi connectivity index (χ3v) is 6.42. The fourth-order valence-electron chi connectivity index (χ4n) is 2.19. The maximum Gasteiger partial charge on any atom is 0.305 e. The maximum absolute atomic E-state index is 12.5. The van der Waals surface area contributed by atoms with Gasteiger partial charge in [-0.05, 0) is 37.3 Å². The van der Waals surface area contributed by atoms with Crippen molar-refractivity contribution in [2.75, 3.05) is 5.32 Å². The second-order valence-electron chi connectivity index (χ2n) is 5.09. The second kappa shape index (κ2) is 6.20. The van der Waals surface area contributed by atoms with Crippen LogP contribution in [0.4, 0.5) is 5.69 Å². The molecular formula is C14H13N3O4S3. The van der Waals surface area contributed by atoms with Crippen molar-refractivity contribution < 1.29 is 13.2 Å². The molecule has 1 aliphatic rings. The van der Waals surface area contributed by atoms with Crippen LogP contribution < -0.4 is 15.3 Å². The van der Waals surface area contributed by atoms with E-state index in [1.54, 1.807) is 6.08 Å². The van der Waals surface area contributed by atoms with Gasteiger partial charge in [-0.15, -0.1) is 0 Å². The number of aromatic nitrogens is 1. The Hall–Kier alpha value is -1.88. The molecule has 0 radical (unpaired) electrons. The van der Waals surface area contributed by atoms with Gasteiger partial charge in [0.1, 0.15) is 0 Å². The number of sulfonamides is 1. The number of benzene rings is 1. The molecule has 1 aromatic heterocycles. The summed E-state index contributed by atoms with van der Waals surface area (Å²) in [7, 11) is -3.77. The molecule has 0 spiro atoms. The van der Waals surface area contributed by atoms with E-state index < -0.39 is 10.0 Å². The molecule has 24 heavy (non-hydrogen) atoms. The van der Waals surface area contributed by atoms with Crippen molar-refractivity contribution in [2.45, 2.75) is 22.1 Å². The van der Waals surface area contributed by atoms with Crippen LogP contribution in [0.15, 0.2) is 44.6 Å². The van der Waals surface area contributed by atoms with E-state index in [2.05, 4.69) is 10.3 Å². The molecule has 2 heterocycles. The first kappa shape index (κ1) is 17.0. The monoisotopic (exact) mass is 383 g/mol. The van der Waals surface area contributed by atoms with E-state index in [9.17, 15) is 18.0 Å². The number of carbonyl (C=O) groups excluding carboxylic acids is 1. The van der Waals surface area contributed by atoms with Crippen molar-refractivity contribution in [1.82, 2.24) is 4.98 Å². The molecular weight excluding hydrogens is 370 g/mol. The van der Waals surface area contributed by atoms with E-state index in [-0.39, 0.29) is 20.9 Å². The second-order valence-corrected chi connectivity index (χ2v) is 9.02. The van der Waals surface area contributed by atoms with E-state index in [0.29, 0.717) is 11.3 Å². The number of anilines is 1. The molecule has 0 saturated heterocycles. The molecule has 126 valence electrons. The highest BCUT2D eigenvalue weighted by atomic mass is 32.2. The smallest absolute Gasteiger partial charge is 0.305 e. The van der Waals surface area contributed by atoms with Crippen LogP contribution in [0.1, 0.15) is 11.8 Å². The van der Waals surface area contributed by atoms with Gasteiger partial charge in [0.15, 0.2) is 0 Å². The van der Waals surface area contributed by atoms with Crippen LogP contribution >= 0.6 is 23.1 Å². The Morgan fingerprint density at radius 2 is 1.96 bits per heavy atom. The number of primary sulfonamides is 1. The minimum Gasteiger partial charge on any atom is -0.322 e. The van der Waals surface area contributed by atoms with Crippen LogP contribution in [0.2, 0.25) is 0 Å². The number of thioether (sulfide) groups is 1. The third kappa shape index (κ3) is 3.46. The Morgan fingerprint density at radius 1 is 1.29 bits per heavy atom. The predicted octanol–water partition coefficient (Wildman–Crippen LogP) is 1.60. The van der Waals surface area contributed by atoms with Gasteiger partial charge in [0.2, 0.25) is 10.0 Å². The van der Waals surface area contributed by atoms with E-state index in [1.807, 2.05) is 6.92 Å². The fourth-order valence-corrected chi connectivity index (χ4v) is 4.70. The van der Waals surface area contributed by atoms with Crippen molar-refractivity contribution >= 4 is 50.8 Å². The molecule has 1 aliphatic heterocycles. The summed E-state index contributed by atoms with van der Waals surface area (Å²) >= 11 is 2.47. The van der Waals surface area contributed by atoms with Gasteiger partial charge >= 0.3 is 4.87 Å². The van der Waals surface area contributed by atoms with Gasteiger partial charge in [-0.1, -0.05) is 23.1 Å². The Kier molecular flexibility index (Phi) is 4.38. The standard InChI is InChI=1S/C14H13N3O4S3/c1-7-10(6-11-13(22-7)17-14(19)23-11)12(18)16-8-2-4-9(5-3-8)24(15,20)21/h2-7H,1H3,(H,16,18)(H,17,19)(H2,15,20,21)/t7-/m0/s1. The number of carbonyl (C=O) groups is 1. The summed E-state index contributed by atoms with van der Waals surface area (Å²) in [6.07, 6.45) is 1.70. The minimum atomic E-state index is -3.77. The Bertz CT molecular complexity index is 987. The Morgan fingerprint density at radius 3 is 2.58 bits per heavy atom. The first-order chi connectivity index (χ1) is 11.2. The average molecular weight is 383 g/mol. The largest absolute Gasteiger partial charge is 0.322 e.